The highest BCUT2D eigenvalue weighted by molar-refractivity contribution is 5.76. The van der Waals surface area contributed by atoms with E-state index in [0.717, 1.165) is 31.4 Å². The Balaban J connectivity index is 2.07. The third kappa shape index (κ3) is 2.18. The minimum atomic E-state index is 0.0174. The lowest BCUT2D eigenvalue weighted by atomic mass is 10.1. The van der Waals surface area contributed by atoms with Gasteiger partial charge in [-0.15, -0.1) is 0 Å². The van der Waals surface area contributed by atoms with Crippen LogP contribution in [0.4, 0.5) is 0 Å². The van der Waals surface area contributed by atoms with Crippen molar-refractivity contribution in [2.45, 2.75) is 38.8 Å². The van der Waals surface area contributed by atoms with Crippen molar-refractivity contribution in [3.05, 3.63) is 28.8 Å². The Morgan fingerprint density at radius 3 is 2.79 bits per heavy atom. The Bertz CT molecular complexity index is 636. The molecule has 0 aromatic carbocycles. The van der Waals surface area contributed by atoms with Gasteiger partial charge in [0.15, 0.2) is 5.52 Å². The van der Waals surface area contributed by atoms with Gasteiger partial charge in [-0.1, -0.05) is 0 Å². The zero-order valence-corrected chi connectivity index (χ0v) is 11.4. The Morgan fingerprint density at radius 2 is 2.11 bits per heavy atom. The second kappa shape index (κ2) is 4.81. The number of fused-ring (bicyclic) bond motifs is 1. The van der Waals surface area contributed by atoms with E-state index >= 15 is 0 Å². The first-order chi connectivity index (χ1) is 9.16. The summed E-state index contributed by atoms with van der Waals surface area (Å²) < 4.78 is 9.02. The Morgan fingerprint density at radius 1 is 1.37 bits per heavy atom. The van der Waals surface area contributed by atoms with Crippen LogP contribution in [0.25, 0.3) is 10.9 Å². The summed E-state index contributed by atoms with van der Waals surface area (Å²) in [5.41, 5.74) is 0.589. The summed E-state index contributed by atoms with van der Waals surface area (Å²) >= 11 is 0. The standard InChI is InChI=1S/C14H19N3O2/c1-10(2)17-9-11-3-6-16(14(18)13(11)15-17)12-4-7-19-8-5-12/h3,6,9-10,12H,4-5,7-8H2,1-2H3. The molecule has 102 valence electrons. The zero-order chi connectivity index (χ0) is 13.4. The van der Waals surface area contributed by atoms with E-state index < -0.39 is 0 Å². The molecule has 0 bridgehead atoms. The average molecular weight is 261 g/mol. The van der Waals surface area contributed by atoms with Crippen LogP contribution in [0.5, 0.6) is 0 Å². The van der Waals surface area contributed by atoms with Gasteiger partial charge in [0.05, 0.1) is 0 Å². The number of aromatic nitrogens is 3. The lowest BCUT2D eigenvalue weighted by molar-refractivity contribution is 0.0688. The summed E-state index contributed by atoms with van der Waals surface area (Å²) in [6.07, 6.45) is 5.63. The van der Waals surface area contributed by atoms with Gasteiger partial charge < -0.3 is 9.30 Å². The molecular formula is C14H19N3O2. The van der Waals surface area contributed by atoms with Crippen LogP contribution in [0.3, 0.4) is 0 Å². The lowest BCUT2D eigenvalue weighted by Gasteiger charge is -2.23. The summed E-state index contributed by atoms with van der Waals surface area (Å²) in [6, 6.07) is 2.50. The molecule has 1 fully saturated rings. The second-order valence-electron chi connectivity index (χ2n) is 5.38. The molecule has 0 aliphatic carbocycles. The highest BCUT2D eigenvalue weighted by Gasteiger charge is 2.18. The smallest absolute Gasteiger partial charge is 0.279 e. The number of pyridine rings is 1. The molecule has 19 heavy (non-hydrogen) atoms. The van der Waals surface area contributed by atoms with Crippen LogP contribution in [0.2, 0.25) is 0 Å². The fourth-order valence-electron chi connectivity index (χ4n) is 2.56. The molecule has 1 saturated heterocycles. The van der Waals surface area contributed by atoms with Crippen molar-refractivity contribution in [2.75, 3.05) is 13.2 Å². The molecule has 0 amide bonds. The van der Waals surface area contributed by atoms with E-state index in [4.69, 9.17) is 4.74 Å². The normalized spacial score (nSPS) is 17.4. The maximum absolute atomic E-state index is 12.5. The minimum absolute atomic E-state index is 0.0174. The van der Waals surface area contributed by atoms with Crippen LogP contribution in [0.15, 0.2) is 23.3 Å². The van der Waals surface area contributed by atoms with Gasteiger partial charge in [0.1, 0.15) is 0 Å². The second-order valence-corrected chi connectivity index (χ2v) is 5.38. The molecular weight excluding hydrogens is 242 g/mol. The molecule has 5 nitrogen and oxygen atoms in total. The molecule has 0 unspecified atom stereocenters. The van der Waals surface area contributed by atoms with Gasteiger partial charge in [-0.05, 0) is 32.8 Å². The maximum atomic E-state index is 12.5. The van der Waals surface area contributed by atoms with Gasteiger partial charge in [0.2, 0.25) is 0 Å². The van der Waals surface area contributed by atoms with Gasteiger partial charge in [0, 0.05) is 43.1 Å². The number of hydrogen-bond donors (Lipinski definition) is 0. The quantitative estimate of drug-likeness (QED) is 0.832. The summed E-state index contributed by atoms with van der Waals surface area (Å²) in [7, 11) is 0. The molecule has 0 atom stereocenters. The molecule has 0 spiro atoms. The molecule has 1 aliphatic heterocycles. The van der Waals surface area contributed by atoms with E-state index in [1.165, 1.54) is 0 Å². The van der Waals surface area contributed by atoms with E-state index in [1.54, 1.807) is 0 Å². The molecule has 3 heterocycles. The van der Waals surface area contributed by atoms with Crippen molar-refractivity contribution in [1.82, 2.24) is 14.3 Å². The fourth-order valence-corrected chi connectivity index (χ4v) is 2.56. The molecule has 0 radical (unpaired) electrons. The molecule has 2 aromatic heterocycles. The van der Waals surface area contributed by atoms with Crippen molar-refractivity contribution < 1.29 is 4.74 Å². The van der Waals surface area contributed by atoms with E-state index in [9.17, 15) is 4.79 Å². The van der Waals surface area contributed by atoms with Crippen LogP contribution >= 0.6 is 0 Å². The number of ether oxygens (including phenoxy) is 1. The van der Waals surface area contributed by atoms with Gasteiger partial charge >= 0.3 is 0 Å². The highest BCUT2D eigenvalue weighted by atomic mass is 16.5. The van der Waals surface area contributed by atoms with Crippen molar-refractivity contribution in [1.29, 1.82) is 0 Å². The molecule has 1 aliphatic rings. The molecule has 2 aromatic rings. The Hall–Kier alpha value is -1.62. The monoisotopic (exact) mass is 261 g/mol. The van der Waals surface area contributed by atoms with Crippen LogP contribution in [0, 0.1) is 0 Å². The van der Waals surface area contributed by atoms with E-state index in [2.05, 4.69) is 18.9 Å². The van der Waals surface area contributed by atoms with Gasteiger partial charge in [-0.2, -0.15) is 5.10 Å². The fraction of sp³-hybridized carbons (Fsp3) is 0.571. The average Bonchev–Trinajstić information content (AvgIpc) is 2.85. The molecule has 3 rings (SSSR count). The van der Waals surface area contributed by atoms with E-state index in [1.807, 2.05) is 27.7 Å². The summed E-state index contributed by atoms with van der Waals surface area (Å²) in [6.45, 7) is 5.58. The predicted octanol–water partition coefficient (Wildman–Crippen LogP) is 2.13. The van der Waals surface area contributed by atoms with Crippen LogP contribution < -0.4 is 5.56 Å². The van der Waals surface area contributed by atoms with Crippen molar-refractivity contribution in [3.8, 4) is 0 Å². The minimum Gasteiger partial charge on any atom is -0.381 e. The van der Waals surface area contributed by atoms with Gasteiger partial charge in [-0.3, -0.25) is 9.48 Å². The van der Waals surface area contributed by atoms with Crippen LogP contribution in [0.1, 0.15) is 38.8 Å². The first kappa shape index (κ1) is 12.4. The largest absolute Gasteiger partial charge is 0.381 e. The van der Waals surface area contributed by atoms with Crippen LogP contribution in [-0.2, 0) is 4.74 Å². The van der Waals surface area contributed by atoms with Crippen LogP contribution in [-0.4, -0.2) is 27.6 Å². The summed E-state index contributed by atoms with van der Waals surface area (Å²) in [5.74, 6) is 0. The molecule has 0 saturated carbocycles. The van der Waals surface area contributed by atoms with Gasteiger partial charge in [0.25, 0.3) is 5.56 Å². The first-order valence-corrected chi connectivity index (χ1v) is 6.84. The van der Waals surface area contributed by atoms with E-state index in [0.29, 0.717) is 5.52 Å². The summed E-state index contributed by atoms with van der Waals surface area (Å²) in [5, 5.41) is 5.34. The van der Waals surface area contributed by atoms with Gasteiger partial charge in [-0.25, -0.2) is 0 Å². The number of nitrogens with zero attached hydrogens (tertiary/aromatic N) is 3. The van der Waals surface area contributed by atoms with E-state index in [-0.39, 0.29) is 17.6 Å². The summed E-state index contributed by atoms with van der Waals surface area (Å²) in [4.78, 5) is 12.5. The first-order valence-electron chi connectivity index (χ1n) is 6.84. The number of rotatable bonds is 2. The van der Waals surface area contributed by atoms with Crippen molar-refractivity contribution >= 4 is 10.9 Å². The molecule has 5 heteroatoms. The third-order valence-electron chi connectivity index (χ3n) is 3.73. The molecule has 0 N–H and O–H groups in total. The van der Waals surface area contributed by atoms with Crippen molar-refractivity contribution in [3.63, 3.8) is 0 Å². The third-order valence-corrected chi connectivity index (χ3v) is 3.73. The predicted molar refractivity (Wildman–Crippen MR) is 73.5 cm³/mol. The zero-order valence-electron chi connectivity index (χ0n) is 11.4. The maximum Gasteiger partial charge on any atom is 0.279 e. The lowest BCUT2D eigenvalue weighted by Crippen LogP contribution is -2.28. The Labute approximate surface area is 111 Å². The topological polar surface area (TPSA) is 49.0 Å². The SMILES string of the molecule is CC(C)n1cc2ccn(C3CCOCC3)c(=O)c2n1. The highest BCUT2D eigenvalue weighted by Crippen LogP contribution is 2.20. The van der Waals surface area contributed by atoms with Crippen molar-refractivity contribution in [2.24, 2.45) is 0 Å². The Kier molecular flexibility index (Phi) is 3.14. The number of hydrogen-bond acceptors (Lipinski definition) is 3.